The van der Waals surface area contributed by atoms with Crippen molar-refractivity contribution >= 4 is 45.8 Å². The Hall–Kier alpha value is -2.15. The Morgan fingerprint density at radius 2 is 1.71 bits per heavy atom. The molecule has 0 radical (unpaired) electrons. The number of nitrogens with zero attached hydrogens (tertiary/aromatic N) is 4. The van der Waals surface area contributed by atoms with Crippen LogP contribution in [0.5, 0.6) is 0 Å². The minimum Gasteiger partial charge on any atom is -0.343 e. The van der Waals surface area contributed by atoms with Crippen LogP contribution in [-0.2, 0) is 6.42 Å². The van der Waals surface area contributed by atoms with Gasteiger partial charge in [0.25, 0.3) is 5.91 Å². The molecule has 1 fully saturated rings. The van der Waals surface area contributed by atoms with E-state index in [1.54, 1.807) is 12.1 Å². The summed E-state index contributed by atoms with van der Waals surface area (Å²) in [6, 6.07) is 14.9. The summed E-state index contributed by atoms with van der Waals surface area (Å²) in [6.07, 6.45) is 0.679. The predicted octanol–water partition coefficient (Wildman–Crippen LogP) is 4.40. The Labute approximate surface area is 177 Å². The summed E-state index contributed by atoms with van der Waals surface area (Å²) in [5, 5.41) is 2.11. The molecule has 5 nitrogen and oxygen atoms in total. The molecular formula is C20H18Cl2N4OS. The fourth-order valence-electron chi connectivity index (χ4n) is 3.14. The Balaban J connectivity index is 1.36. The summed E-state index contributed by atoms with van der Waals surface area (Å²) in [5.41, 5.74) is 1.68. The van der Waals surface area contributed by atoms with Crippen molar-refractivity contribution in [1.82, 2.24) is 14.3 Å². The molecule has 28 heavy (non-hydrogen) atoms. The Bertz CT molecular complexity index is 968. The molecule has 3 aromatic rings. The zero-order chi connectivity index (χ0) is 19.5. The van der Waals surface area contributed by atoms with Gasteiger partial charge in [-0.15, -0.1) is 0 Å². The van der Waals surface area contributed by atoms with Crippen molar-refractivity contribution in [2.24, 2.45) is 0 Å². The number of aromatic nitrogens is 2. The Morgan fingerprint density at radius 1 is 1.00 bits per heavy atom. The third-order valence-electron chi connectivity index (χ3n) is 4.67. The highest BCUT2D eigenvalue weighted by Crippen LogP contribution is 2.23. The number of piperazine rings is 1. The zero-order valence-electron chi connectivity index (χ0n) is 15.0. The third-order valence-corrected chi connectivity index (χ3v) is 6.07. The maximum atomic E-state index is 12.7. The lowest BCUT2D eigenvalue weighted by molar-refractivity contribution is 0.0747. The van der Waals surface area contributed by atoms with Gasteiger partial charge in [0.2, 0.25) is 5.13 Å². The van der Waals surface area contributed by atoms with Crippen LogP contribution >= 0.6 is 34.7 Å². The van der Waals surface area contributed by atoms with Gasteiger partial charge < -0.3 is 9.80 Å². The number of benzene rings is 2. The van der Waals surface area contributed by atoms with E-state index in [0.29, 0.717) is 30.1 Å². The lowest BCUT2D eigenvalue weighted by Gasteiger charge is -2.34. The summed E-state index contributed by atoms with van der Waals surface area (Å²) in [6.45, 7) is 2.73. The highest BCUT2D eigenvalue weighted by molar-refractivity contribution is 7.09. The van der Waals surface area contributed by atoms with Gasteiger partial charge in [-0.25, -0.2) is 4.98 Å². The molecule has 2 aromatic carbocycles. The van der Waals surface area contributed by atoms with Crippen molar-refractivity contribution in [3.63, 3.8) is 0 Å². The summed E-state index contributed by atoms with van der Waals surface area (Å²) in [5.74, 6) is 0.780. The predicted molar refractivity (Wildman–Crippen MR) is 114 cm³/mol. The van der Waals surface area contributed by atoms with Gasteiger partial charge in [0.1, 0.15) is 5.82 Å². The monoisotopic (exact) mass is 432 g/mol. The maximum Gasteiger partial charge on any atom is 0.255 e. The van der Waals surface area contributed by atoms with Gasteiger partial charge in [-0.1, -0.05) is 47.5 Å². The summed E-state index contributed by atoms with van der Waals surface area (Å²) >= 11 is 13.5. The fourth-order valence-corrected chi connectivity index (χ4v) is 4.21. The van der Waals surface area contributed by atoms with E-state index in [-0.39, 0.29) is 5.91 Å². The first-order valence-corrected chi connectivity index (χ1v) is 10.5. The van der Waals surface area contributed by atoms with Gasteiger partial charge in [0.15, 0.2) is 0 Å². The van der Waals surface area contributed by atoms with E-state index in [1.807, 2.05) is 41.3 Å². The van der Waals surface area contributed by atoms with E-state index in [0.717, 1.165) is 34.6 Å². The second-order valence-corrected chi connectivity index (χ2v) is 8.13. The van der Waals surface area contributed by atoms with E-state index in [2.05, 4.69) is 14.3 Å². The molecule has 1 amide bonds. The number of carbonyl (C=O) groups excluding carboxylic acids is 1. The maximum absolute atomic E-state index is 12.7. The summed E-state index contributed by atoms with van der Waals surface area (Å²) in [7, 11) is 0. The van der Waals surface area contributed by atoms with Crippen molar-refractivity contribution in [2.75, 3.05) is 31.1 Å². The molecule has 1 aliphatic rings. The van der Waals surface area contributed by atoms with Crippen LogP contribution in [0, 0.1) is 0 Å². The Morgan fingerprint density at radius 3 is 2.43 bits per heavy atom. The average molecular weight is 433 g/mol. The smallest absolute Gasteiger partial charge is 0.255 e. The van der Waals surface area contributed by atoms with E-state index in [4.69, 9.17) is 23.2 Å². The van der Waals surface area contributed by atoms with Gasteiger partial charge >= 0.3 is 0 Å². The van der Waals surface area contributed by atoms with Crippen LogP contribution in [0.25, 0.3) is 0 Å². The third kappa shape index (κ3) is 4.29. The molecule has 144 valence electrons. The van der Waals surface area contributed by atoms with Crippen LogP contribution in [-0.4, -0.2) is 46.3 Å². The second kappa shape index (κ2) is 8.47. The number of carbonyl (C=O) groups is 1. The molecular weight excluding hydrogens is 415 g/mol. The highest BCUT2D eigenvalue weighted by Gasteiger charge is 2.25. The van der Waals surface area contributed by atoms with E-state index in [1.165, 1.54) is 11.5 Å². The molecule has 2 heterocycles. The number of hydrogen-bond acceptors (Lipinski definition) is 5. The normalized spacial score (nSPS) is 14.4. The molecule has 0 bridgehead atoms. The van der Waals surface area contributed by atoms with E-state index >= 15 is 0 Å². The number of amides is 1. The van der Waals surface area contributed by atoms with Gasteiger partial charge in [-0.05, 0) is 29.8 Å². The van der Waals surface area contributed by atoms with Gasteiger partial charge in [0, 0.05) is 49.2 Å². The molecule has 1 aromatic heterocycles. The zero-order valence-corrected chi connectivity index (χ0v) is 17.3. The van der Waals surface area contributed by atoms with E-state index in [9.17, 15) is 4.79 Å². The Kier molecular flexibility index (Phi) is 5.80. The molecule has 1 aliphatic heterocycles. The first-order valence-electron chi connectivity index (χ1n) is 8.96. The molecule has 0 atom stereocenters. The molecule has 0 unspecified atom stereocenters. The van der Waals surface area contributed by atoms with Crippen LogP contribution in [0.2, 0.25) is 10.0 Å². The lowest BCUT2D eigenvalue weighted by atomic mass is 10.1. The lowest BCUT2D eigenvalue weighted by Crippen LogP contribution is -2.48. The SMILES string of the molecule is O=C(c1ccccc1Cl)N1CCN(c2nc(Cc3ccc(Cl)cc3)ns2)CC1. The quantitative estimate of drug-likeness (QED) is 0.612. The van der Waals surface area contributed by atoms with Crippen molar-refractivity contribution in [1.29, 1.82) is 0 Å². The molecule has 4 rings (SSSR count). The number of hydrogen-bond donors (Lipinski definition) is 0. The summed E-state index contributed by atoms with van der Waals surface area (Å²) < 4.78 is 4.48. The van der Waals surface area contributed by atoms with Crippen LogP contribution in [0.1, 0.15) is 21.7 Å². The summed E-state index contributed by atoms with van der Waals surface area (Å²) in [4.78, 5) is 21.4. The minimum absolute atomic E-state index is 0.0223. The van der Waals surface area contributed by atoms with Crippen molar-refractivity contribution < 1.29 is 4.79 Å². The van der Waals surface area contributed by atoms with Crippen LogP contribution in [0.15, 0.2) is 48.5 Å². The van der Waals surface area contributed by atoms with Crippen molar-refractivity contribution in [3.05, 3.63) is 75.5 Å². The molecule has 0 spiro atoms. The van der Waals surface area contributed by atoms with Crippen LogP contribution in [0.3, 0.4) is 0 Å². The molecule has 0 saturated carbocycles. The topological polar surface area (TPSA) is 49.3 Å². The first kappa shape index (κ1) is 19.2. The molecule has 0 N–H and O–H groups in total. The van der Waals surface area contributed by atoms with Crippen molar-refractivity contribution in [3.8, 4) is 0 Å². The molecule has 0 aliphatic carbocycles. The van der Waals surface area contributed by atoms with Gasteiger partial charge in [0.05, 0.1) is 10.6 Å². The molecule has 1 saturated heterocycles. The molecule has 8 heteroatoms. The van der Waals surface area contributed by atoms with Crippen LogP contribution in [0.4, 0.5) is 5.13 Å². The number of halogens is 2. The van der Waals surface area contributed by atoms with Crippen LogP contribution < -0.4 is 4.90 Å². The van der Waals surface area contributed by atoms with Crippen molar-refractivity contribution in [2.45, 2.75) is 6.42 Å². The average Bonchev–Trinajstić information content (AvgIpc) is 3.18. The van der Waals surface area contributed by atoms with E-state index < -0.39 is 0 Å². The van der Waals surface area contributed by atoms with Gasteiger partial charge in [-0.3, -0.25) is 4.79 Å². The second-order valence-electron chi connectivity index (χ2n) is 6.56. The highest BCUT2D eigenvalue weighted by atomic mass is 35.5. The minimum atomic E-state index is -0.0223. The number of anilines is 1. The standard InChI is InChI=1S/C20H18Cl2N4OS/c21-15-7-5-14(6-8-15)13-18-23-20(28-24-18)26-11-9-25(10-12-26)19(27)16-3-1-2-4-17(16)22/h1-8H,9-13H2. The fraction of sp³-hybridized carbons (Fsp3) is 0.250. The largest absolute Gasteiger partial charge is 0.343 e. The first-order chi connectivity index (χ1) is 13.6. The number of rotatable bonds is 4. The van der Waals surface area contributed by atoms with Gasteiger partial charge in [-0.2, -0.15) is 4.37 Å².